The van der Waals surface area contributed by atoms with E-state index in [0.717, 1.165) is 24.8 Å². The molecule has 0 saturated heterocycles. The third-order valence-corrected chi connectivity index (χ3v) is 5.51. The molecule has 2 aliphatic rings. The van der Waals surface area contributed by atoms with E-state index in [-0.39, 0.29) is 11.2 Å². The van der Waals surface area contributed by atoms with E-state index in [1.165, 1.54) is 22.3 Å². The number of fused-ring (bicyclic) bond motifs is 1. The fourth-order valence-electron chi connectivity index (χ4n) is 4.37. The van der Waals surface area contributed by atoms with E-state index in [9.17, 15) is 4.39 Å². The Balaban J connectivity index is 2.17. The highest BCUT2D eigenvalue weighted by Crippen LogP contribution is 2.50. The smallest absolute Gasteiger partial charge is 0.123 e. The molecule has 0 bridgehead atoms. The fourth-order valence-corrected chi connectivity index (χ4v) is 4.37. The summed E-state index contributed by atoms with van der Waals surface area (Å²) in [5.74, 6) is 0.413. The molecular weight excluding hydrogens is 295 g/mol. The van der Waals surface area contributed by atoms with Gasteiger partial charge in [-0.1, -0.05) is 61.9 Å². The second-order valence-corrected chi connectivity index (χ2v) is 7.36. The average Bonchev–Trinajstić information content (AvgIpc) is 2.55. The predicted molar refractivity (Wildman–Crippen MR) is 102 cm³/mol. The Labute approximate surface area is 145 Å². The van der Waals surface area contributed by atoms with Crippen LogP contribution in [0.25, 0.3) is 6.08 Å². The zero-order valence-electron chi connectivity index (χ0n) is 15.2. The molecular formula is C23H27F. The van der Waals surface area contributed by atoms with Crippen LogP contribution in [0.15, 0.2) is 59.5 Å². The number of allylic oxidation sites excluding steroid dienone is 7. The Morgan fingerprint density at radius 3 is 2.71 bits per heavy atom. The van der Waals surface area contributed by atoms with Crippen LogP contribution in [0.5, 0.6) is 0 Å². The Bertz CT molecular complexity index is 754. The van der Waals surface area contributed by atoms with Crippen molar-refractivity contribution >= 4 is 6.08 Å². The molecule has 2 aliphatic carbocycles. The first kappa shape index (κ1) is 17.0. The number of rotatable bonds is 3. The zero-order chi connectivity index (χ0) is 17.3. The van der Waals surface area contributed by atoms with Crippen molar-refractivity contribution in [3.05, 3.63) is 76.2 Å². The van der Waals surface area contributed by atoms with E-state index in [0.29, 0.717) is 5.92 Å². The van der Waals surface area contributed by atoms with Crippen molar-refractivity contribution < 1.29 is 4.39 Å². The summed E-state index contributed by atoms with van der Waals surface area (Å²) in [5.41, 5.74) is 5.88. The SMILES string of the molecule is CC=CCC1CC=C(F)C2=C1Cc1c(/C=C\C)cccc1C2(C)C. The first-order valence-electron chi connectivity index (χ1n) is 8.96. The second-order valence-electron chi connectivity index (χ2n) is 7.36. The molecule has 0 nitrogen and oxygen atoms in total. The van der Waals surface area contributed by atoms with Crippen LogP contribution in [0.3, 0.4) is 0 Å². The van der Waals surface area contributed by atoms with Crippen LogP contribution in [0.4, 0.5) is 4.39 Å². The lowest BCUT2D eigenvalue weighted by Gasteiger charge is -2.41. The Kier molecular flexibility index (Phi) is 4.62. The van der Waals surface area contributed by atoms with E-state index in [2.05, 4.69) is 70.2 Å². The van der Waals surface area contributed by atoms with Crippen LogP contribution in [0, 0.1) is 5.92 Å². The lowest BCUT2D eigenvalue weighted by atomic mass is 9.63. The van der Waals surface area contributed by atoms with Gasteiger partial charge in [0.25, 0.3) is 0 Å². The van der Waals surface area contributed by atoms with Crippen molar-refractivity contribution in [1.29, 1.82) is 0 Å². The summed E-state index contributed by atoms with van der Waals surface area (Å²) in [7, 11) is 0. The maximum atomic E-state index is 14.8. The van der Waals surface area contributed by atoms with Crippen molar-refractivity contribution in [3.8, 4) is 0 Å². The molecule has 3 rings (SSSR count). The minimum atomic E-state index is -0.282. The van der Waals surface area contributed by atoms with E-state index >= 15 is 0 Å². The normalized spacial score (nSPS) is 22.7. The minimum Gasteiger partial charge on any atom is -0.207 e. The van der Waals surface area contributed by atoms with Crippen molar-refractivity contribution in [2.75, 3.05) is 0 Å². The summed E-state index contributed by atoms with van der Waals surface area (Å²) in [6, 6.07) is 6.45. The van der Waals surface area contributed by atoms with Gasteiger partial charge in [-0.2, -0.15) is 0 Å². The van der Waals surface area contributed by atoms with Gasteiger partial charge in [-0.3, -0.25) is 0 Å². The number of halogens is 1. The lowest BCUT2D eigenvalue weighted by Crippen LogP contribution is -2.32. The molecule has 0 radical (unpaired) electrons. The summed E-state index contributed by atoms with van der Waals surface area (Å²) in [6.07, 6.45) is 13.1. The maximum Gasteiger partial charge on any atom is 0.123 e. The quantitative estimate of drug-likeness (QED) is 0.544. The highest BCUT2D eigenvalue weighted by molar-refractivity contribution is 5.64. The molecule has 0 N–H and O–H groups in total. The van der Waals surface area contributed by atoms with Gasteiger partial charge >= 0.3 is 0 Å². The highest BCUT2D eigenvalue weighted by Gasteiger charge is 2.40. The Morgan fingerprint density at radius 1 is 1.21 bits per heavy atom. The third-order valence-electron chi connectivity index (χ3n) is 5.51. The van der Waals surface area contributed by atoms with Gasteiger partial charge in [-0.05, 0) is 67.4 Å². The predicted octanol–water partition coefficient (Wildman–Crippen LogP) is 6.69. The molecule has 1 aromatic carbocycles. The van der Waals surface area contributed by atoms with Crippen LogP contribution >= 0.6 is 0 Å². The molecule has 1 aromatic rings. The van der Waals surface area contributed by atoms with Gasteiger partial charge in [0.2, 0.25) is 0 Å². The standard InChI is InChI=1S/C23H27F/c1-5-7-10-17-13-14-21(24)22-19(17)15-18-16(9-6-2)11-8-12-20(18)23(22,3)4/h5-9,11-12,14,17H,10,13,15H2,1-4H3/b7-5?,9-6-. The summed E-state index contributed by atoms with van der Waals surface area (Å²) >= 11 is 0. The molecule has 1 heteroatoms. The first-order chi connectivity index (χ1) is 11.5. The molecule has 0 amide bonds. The van der Waals surface area contributed by atoms with Gasteiger partial charge in [0.05, 0.1) is 0 Å². The second kappa shape index (κ2) is 6.55. The van der Waals surface area contributed by atoms with Crippen LogP contribution in [-0.2, 0) is 11.8 Å². The molecule has 0 fully saturated rings. The van der Waals surface area contributed by atoms with Crippen molar-refractivity contribution in [1.82, 2.24) is 0 Å². The summed E-state index contributed by atoms with van der Waals surface area (Å²) in [6.45, 7) is 8.45. The number of hydrogen-bond donors (Lipinski definition) is 0. The monoisotopic (exact) mass is 322 g/mol. The van der Waals surface area contributed by atoms with Crippen LogP contribution < -0.4 is 0 Å². The van der Waals surface area contributed by atoms with E-state index in [1.807, 2.05) is 0 Å². The summed E-state index contributed by atoms with van der Waals surface area (Å²) < 4.78 is 14.8. The largest absolute Gasteiger partial charge is 0.207 e. The van der Waals surface area contributed by atoms with Gasteiger partial charge in [-0.15, -0.1) is 0 Å². The molecule has 1 unspecified atom stereocenters. The Hall–Kier alpha value is -1.89. The fraction of sp³-hybridized carbons (Fsp3) is 0.391. The number of benzene rings is 1. The average molecular weight is 322 g/mol. The van der Waals surface area contributed by atoms with E-state index in [4.69, 9.17) is 0 Å². The molecule has 0 spiro atoms. The summed E-state index contributed by atoms with van der Waals surface area (Å²) in [5, 5.41) is 0. The minimum absolute atomic E-state index is 0.00573. The molecule has 0 heterocycles. The third kappa shape index (κ3) is 2.70. The number of hydrogen-bond acceptors (Lipinski definition) is 0. The van der Waals surface area contributed by atoms with Crippen LogP contribution in [0.1, 0.15) is 57.2 Å². The molecule has 1 atom stereocenters. The maximum absolute atomic E-state index is 14.8. The zero-order valence-corrected chi connectivity index (χ0v) is 15.2. The Morgan fingerprint density at radius 2 is 2.00 bits per heavy atom. The molecule has 126 valence electrons. The van der Waals surface area contributed by atoms with Crippen LogP contribution in [0.2, 0.25) is 0 Å². The van der Waals surface area contributed by atoms with E-state index in [1.54, 1.807) is 6.08 Å². The molecule has 0 aliphatic heterocycles. The van der Waals surface area contributed by atoms with Crippen molar-refractivity contribution in [2.24, 2.45) is 5.92 Å². The van der Waals surface area contributed by atoms with E-state index < -0.39 is 0 Å². The first-order valence-corrected chi connectivity index (χ1v) is 8.96. The van der Waals surface area contributed by atoms with Crippen molar-refractivity contribution in [2.45, 2.75) is 52.4 Å². The van der Waals surface area contributed by atoms with Gasteiger partial charge in [0, 0.05) is 5.41 Å². The van der Waals surface area contributed by atoms with Gasteiger partial charge in [0.15, 0.2) is 0 Å². The topological polar surface area (TPSA) is 0 Å². The van der Waals surface area contributed by atoms with Gasteiger partial charge < -0.3 is 0 Å². The van der Waals surface area contributed by atoms with Gasteiger partial charge in [0.1, 0.15) is 5.83 Å². The molecule has 0 aromatic heterocycles. The summed E-state index contributed by atoms with van der Waals surface area (Å²) in [4.78, 5) is 0. The lowest BCUT2D eigenvalue weighted by molar-refractivity contribution is 0.476. The van der Waals surface area contributed by atoms with Gasteiger partial charge in [-0.25, -0.2) is 4.39 Å². The van der Waals surface area contributed by atoms with Crippen molar-refractivity contribution in [3.63, 3.8) is 0 Å². The molecule has 24 heavy (non-hydrogen) atoms. The highest BCUT2D eigenvalue weighted by atomic mass is 19.1. The molecule has 0 saturated carbocycles. The van der Waals surface area contributed by atoms with Crippen LogP contribution in [-0.4, -0.2) is 0 Å².